The maximum absolute atomic E-state index is 12.3. The summed E-state index contributed by atoms with van der Waals surface area (Å²) in [6.45, 7) is -0.371. The third-order valence-electron chi connectivity index (χ3n) is 3.72. The van der Waals surface area contributed by atoms with Crippen molar-refractivity contribution in [1.82, 2.24) is 9.78 Å². The Morgan fingerprint density at radius 3 is 2.68 bits per heavy atom. The lowest BCUT2D eigenvalue weighted by Gasteiger charge is -2.09. The van der Waals surface area contributed by atoms with Crippen LogP contribution < -0.4 is 10.9 Å². The van der Waals surface area contributed by atoms with Crippen LogP contribution >= 0.6 is 23.2 Å². The van der Waals surface area contributed by atoms with Crippen molar-refractivity contribution >= 4 is 40.5 Å². The van der Waals surface area contributed by atoms with E-state index in [1.165, 1.54) is 42.5 Å². The second-order valence-corrected chi connectivity index (χ2v) is 6.54. The highest BCUT2D eigenvalue weighted by atomic mass is 35.5. The number of non-ortho nitro benzene ring substituents is 1. The molecule has 1 N–H and O–H groups in total. The van der Waals surface area contributed by atoms with Crippen molar-refractivity contribution in [3.8, 4) is 11.3 Å². The van der Waals surface area contributed by atoms with Gasteiger partial charge in [0, 0.05) is 28.8 Å². The van der Waals surface area contributed by atoms with Gasteiger partial charge in [-0.05, 0) is 24.3 Å². The number of nitrogens with zero attached hydrogens (tertiary/aromatic N) is 3. The lowest BCUT2D eigenvalue weighted by Crippen LogP contribution is -2.29. The Bertz CT molecular complexity index is 1130. The van der Waals surface area contributed by atoms with E-state index in [9.17, 15) is 19.7 Å². The summed E-state index contributed by atoms with van der Waals surface area (Å²) in [6.07, 6.45) is 0. The molecule has 8 nitrogen and oxygen atoms in total. The number of hydrogen-bond acceptors (Lipinski definition) is 5. The Kier molecular flexibility index (Phi) is 5.72. The highest BCUT2D eigenvalue weighted by molar-refractivity contribution is 6.35. The van der Waals surface area contributed by atoms with E-state index >= 15 is 0 Å². The summed E-state index contributed by atoms with van der Waals surface area (Å²) in [7, 11) is 0. The zero-order valence-electron chi connectivity index (χ0n) is 14.1. The van der Waals surface area contributed by atoms with E-state index in [2.05, 4.69) is 10.4 Å². The average Bonchev–Trinajstić information content (AvgIpc) is 2.66. The van der Waals surface area contributed by atoms with Crippen LogP contribution in [-0.2, 0) is 11.3 Å². The summed E-state index contributed by atoms with van der Waals surface area (Å²) in [5.41, 5.74) is 0.465. The number of aromatic nitrogens is 2. The number of carbonyl (C=O) groups is 1. The largest absolute Gasteiger partial charge is 0.323 e. The molecule has 0 atom stereocenters. The molecular weight excluding hydrogens is 407 g/mol. The minimum atomic E-state index is -0.532. The molecule has 3 rings (SSSR count). The van der Waals surface area contributed by atoms with E-state index in [0.717, 1.165) is 4.68 Å². The van der Waals surface area contributed by atoms with Crippen molar-refractivity contribution in [2.75, 3.05) is 5.32 Å². The molecular formula is C18H12Cl2N4O4. The van der Waals surface area contributed by atoms with Crippen molar-refractivity contribution in [2.24, 2.45) is 0 Å². The Morgan fingerprint density at radius 2 is 1.93 bits per heavy atom. The van der Waals surface area contributed by atoms with Crippen LogP contribution in [0.15, 0.2) is 59.4 Å². The number of carbonyl (C=O) groups excluding carboxylic acids is 1. The predicted molar refractivity (Wildman–Crippen MR) is 106 cm³/mol. The smallest absolute Gasteiger partial charge is 0.270 e. The normalized spacial score (nSPS) is 10.5. The third-order valence-corrected chi connectivity index (χ3v) is 4.28. The summed E-state index contributed by atoms with van der Waals surface area (Å²) in [6, 6.07) is 13.1. The van der Waals surface area contributed by atoms with E-state index in [1.54, 1.807) is 12.1 Å². The monoisotopic (exact) mass is 418 g/mol. The zero-order valence-corrected chi connectivity index (χ0v) is 15.6. The Morgan fingerprint density at radius 1 is 1.14 bits per heavy atom. The van der Waals surface area contributed by atoms with Gasteiger partial charge in [-0.1, -0.05) is 35.3 Å². The lowest BCUT2D eigenvalue weighted by molar-refractivity contribution is -0.384. The molecule has 0 aliphatic carbocycles. The van der Waals surface area contributed by atoms with Gasteiger partial charge in [-0.15, -0.1) is 0 Å². The summed E-state index contributed by atoms with van der Waals surface area (Å²) < 4.78 is 0.960. The second kappa shape index (κ2) is 8.20. The fraction of sp³-hybridized carbons (Fsp3) is 0.0556. The first-order valence-electron chi connectivity index (χ1n) is 7.91. The molecule has 0 unspecified atom stereocenters. The summed E-state index contributed by atoms with van der Waals surface area (Å²) in [5.74, 6) is -0.532. The number of nitro groups is 1. The quantitative estimate of drug-likeness (QED) is 0.501. The molecule has 28 heavy (non-hydrogen) atoms. The number of nitro benzene ring substituents is 1. The molecule has 1 amide bonds. The molecule has 0 spiro atoms. The van der Waals surface area contributed by atoms with E-state index in [0.29, 0.717) is 27.0 Å². The van der Waals surface area contributed by atoms with Gasteiger partial charge in [0.05, 0.1) is 21.3 Å². The van der Waals surface area contributed by atoms with Crippen molar-refractivity contribution in [3.05, 3.63) is 85.1 Å². The number of nitrogens with one attached hydrogen (secondary N) is 1. The average molecular weight is 419 g/mol. The fourth-order valence-electron chi connectivity index (χ4n) is 2.41. The van der Waals surface area contributed by atoms with Crippen LogP contribution in [-0.4, -0.2) is 20.6 Å². The van der Waals surface area contributed by atoms with E-state index in [-0.39, 0.29) is 12.2 Å². The van der Waals surface area contributed by atoms with Gasteiger partial charge in [0.1, 0.15) is 6.54 Å². The zero-order chi connectivity index (χ0) is 20.3. The first-order chi connectivity index (χ1) is 13.3. The molecule has 3 aromatic rings. The van der Waals surface area contributed by atoms with Crippen LogP contribution in [0.3, 0.4) is 0 Å². The van der Waals surface area contributed by atoms with Crippen LogP contribution in [0.25, 0.3) is 11.3 Å². The first-order valence-corrected chi connectivity index (χ1v) is 8.67. The molecule has 142 valence electrons. The van der Waals surface area contributed by atoms with Gasteiger partial charge >= 0.3 is 0 Å². The van der Waals surface area contributed by atoms with Crippen molar-refractivity contribution in [2.45, 2.75) is 6.54 Å². The molecule has 1 aromatic heterocycles. The minimum absolute atomic E-state index is 0.106. The summed E-state index contributed by atoms with van der Waals surface area (Å²) in [5, 5.41) is 18.3. The van der Waals surface area contributed by atoms with Gasteiger partial charge < -0.3 is 5.32 Å². The molecule has 0 saturated heterocycles. The van der Waals surface area contributed by atoms with Crippen molar-refractivity contribution in [1.29, 1.82) is 0 Å². The maximum atomic E-state index is 12.3. The number of rotatable bonds is 5. The third kappa shape index (κ3) is 4.54. The van der Waals surface area contributed by atoms with Crippen molar-refractivity contribution < 1.29 is 9.72 Å². The summed E-state index contributed by atoms with van der Waals surface area (Å²) in [4.78, 5) is 34.7. The lowest BCUT2D eigenvalue weighted by atomic mass is 10.1. The SMILES string of the molecule is O=C(Cn1nc(-c2cccc([N+](=O)[O-])c2)ccc1=O)Nc1cc(Cl)ccc1Cl. The molecule has 0 aliphatic heterocycles. The van der Waals surface area contributed by atoms with Gasteiger partial charge in [0.2, 0.25) is 5.91 Å². The van der Waals surface area contributed by atoms with Gasteiger partial charge in [-0.2, -0.15) is 5.10 Å². The van der Waals surface area contributed by atoms with Gasteiger partial charge in [0.25, 0.3) is 11.2 Å². The summed E-state index contributed by atoms with van der Waals surface area (Å²) >= 11 is 11.9. The van der Waals surface area contributed by atoms with E-state index in [1.807, 2.05) is 0 Å². The molecule has 0 radical (unpaired) electrons. The predicted octanol–water partition coefficient (Wildman–Crippen LogP) is 3.76. The molecule has 0 bridgehead atoms. The highest BCUT2D eigenvalue weighted by Crippen LogP contribution is 2.25. The molecule has 2 aromatic carbocycles. The van der Waals surface area contributed by atoms with Crippen LogP contribution in [0.1, 0.15) is 0 Å². The standard InChI is InChI=1S/C18H12Cl2N4O4/c19-12-4-5-14(20)16(9-12)21-17(25)10-23-18(26)7-6-15(22-23)11-2-1-3-13(8-11)24(27)28/h1-9H,10H2,(H,21,25). The van der Waals surface area contributed by atoms with Crippen molar-refractivity contribution in [3.63, 3.8) is 0 Å². The van der Waals surface area contributed by atoms with Gasteiger partial charge in [-0.25, -0.2) is 4.68 Å². The highest BCUT2D eigenvalue weighted by Gasteiger charge is 2.12. The van der Waals surface area contributed by atoms with Gasteiger partial charge in [-0.3, -0.25) is 19.7 Å². The minimum Gasteiger partial charge on any atom is -0.323 e. The van der Waals surface area contributed by atoms with E-state index < -0.39 is 16.4 Å². The van der Waals surface area contributed by atoms with Gasteiger partial charge in [0.15, 0.2) is 0 Å². The molecule has 0 aliphatic rings. The molecule has 0 fully saturated rings. The number of halogens is 2. The number of amides is 1. The maximum Gasteiger partial charge on any atom is 0.270 e. The number of hydrogen-bond donors (Lipinski definition) is 1. The van der Waals surface area contributed by atoms with Crippen LogP contribution in [0.5, 0.6) is 0 Å². The van der Waals surface area contributed by atoms with Crippen LogP contribution in [0.4, 0.5) is 11.4 Å². The fourth-order valence-corrected chi connectivity index (χ4v) is 2.75. The number of benzene rings is 2. The Hall–Kier alpha value is -3.23. The molecule has 0 saturated carbocycles. The van der Waals surface area contributed by atoms with E-state index in [4.69, 9.17) is 23.2 Å². The molecule has 10 heteroatoms. The van der Waals surface area contributed by atoms with Crippen LogP contribution in [0, 0.1) is 10.1 Å². The second-order valence-electron chi connectivity index (χ2n) is 5.69. The first kappa shape index (κ1) is 19.5. The Labute approximate surface area is 168 Å². The topological polar surface area (TPSA) is 107 Å². The van der Waals surface area contributed by atoms with Crippen LogP contribution in [0.2, 0.25) is 10.0 Å². The number of anilines is 1. The molecule has 1 heterocycles. The Balaban J connectivity index is 1.85.